The van der Waals surface area contributed by atoms with Crippen molar-refractivity contribution in [2.45, 2.75) is 64.0 Å². The molecule has 1 saturated carbocycles. The minimum atomic E-state index is -0.630. The van der Waals surface area contributed by atoms with Crippen molar-refractivity contribution < 1.29 is 19.1 Å². The second-order valence-electron chi connectivity index (χ2n) is 9.05. The van der Waals surface area contributed by atoms with Crippen LogP contribution in [0.15, 0.2) is 18.2 Å². The quantitative estimate of drug-likeness (QED) is 0.585. The fourth-order valence-electron chi connectivity index (χ4n) is 4.23. The van der Waals surface area contributed by atoms with E-state index in [1.807, 2.05) is 13.8 Å². The number of amides is 2. The van der Waals surface area contributed by atoms with Crippen LogP contribution in [-0.4, -0.2) is 63.2 Å². The number of rotatable bonds is 9. The highest BCUT2D eigenvalue weighted by Gasteiger charge is 2.35. The summed E-state index contributed by atoms with van der Waals surface area (Å²) in [6, 6.07) is 4.35. The monoisotopic (exact) mass is 433 g/mol. The van der Waals surface area contributed by atoms with Gasteiger partial charge in [-0.15, -0.1) is 0 Å². The maximum Gasteiger partial charge on any atom is 0.252 e. The van der Waals surface area contributed by atoms with Crippen molar-refractivity contribution >= 4 is 11.8 Å². The number of hydrogen-bond acceptors (Lipinski definition) is 5. The van der Waals surface area contributed by atoms with E-state index in [1.165, 1.54) is 39.9 Å². The van der Waals surface area contributed by atoms with E-state index in [1.54, 1.807) is 18.2 Å². The van der Waals surface area contributed by atoms with Gasteiger partial charge < -0.3 is 25.0 Å². The Kier molecular flexibility index (Phi) is 9.16. The maximum absolute atomic E-state index is 13.1. The van der Waals surface area contributed by atoms with Crippen LogP contribution < -0.4 is 20.1 Å². The van der Waals surface area contributed by atoms with E-state index >= 15 is 0 Å². The molecule has 0 spiro atoms. The molecule has 31 heavy (non-hydrogen) atoms. The van der Waals surface area contributed by atoms with Crippen molar-refractivity contribution in [2.75, 3.05) is 34.9 Å². The van der Waals surface area contributed by atoms with Crippen LogP contribution in [0.1, 0.15) is 62.7 Å². The second-order valence-corrected chi connectivity index (χ2v) is 9.05. The minimum absolute atomic E-state index is 0.0299. The maximum atomic E-state index is 13.1. The third-order valence-corrected chi connectivity index (χ3v) is 6.42. The molecule has 0 saturated heterocycles. The summed E-state index contributed by atoms with van der Waals surface area (Å²) in [5.41, 5.74) is 0.362. The largest absolute Gasteiger partial charge is 0.497 e. The van der Waals surface area contributed by atoms with Gasteiger partial charge in [-0.3, -0.25) is 9.59 Å². The van der Waals surface area contributed by atoms with E-state index in [4.69, 9.17) is 9.47 Å². The Morgan fingerprint density at radius 1 is 1.00 bits per heavy atom. The number of nitrogens with one attached hydrogen (secondary N) is 2. The summed E-state index contributed by atoms with van der Waals surface area (Å²) in [6.45, 7) is 4.46. The molecule has 0 aliphatic heterocycles. The fraction of sp³-hybridized carbons (Fsp3) is 0.667. The van der Waals surface area contributed by atoms with Crippen molar-refractivity contribution in [1.29, 1.82) is 0 Å². The Labute approximate surface area is 186 Å². The van der Waals surface area contributed by atoms with Gasteiger partial charge in [0.05, 0.1) is 14.2 Å². The highest BCUT2D eigenvalue weighted by molar-refractivity contribution is 5.98. The van der Waals surface area contributed by atoms with Gasteiger partial charge in [0, 0.05) is 23.7 Å². The lowest BCUT2D eigenvalue weighted by Crippen LogP contribution is -2.56. The molecular formula is C24H39N3O4. The Bertz CT molecular complexity index is 718. The fourth-order valence-corrected chi connectivity index (χ4v) is 4.23. The first-order chi connectivity index (χ1) is 14.7. The number of benzene rings is 1. The molecule has 0 heterocycles. The summed E-state index contributed by atoms with van der Waals surface area (Å²) in [5.74, 6) is 0.514. The molecule has 0 radical (unpaired) electrons. The van der Waals surface area contributed by atoms with Crippen LogP contribution >= 0.6 is 0 Å². The topological polar surface area (TPSA) is 79.9 Å². The summed E-state index contributed by atoms with van der Waals surface area (Å²) < 4.78 is 10.5. The molecule has 1 aliphatic carbocycles. The zero-order chi connectivity index (χ0) is 23.0. The Balaban J connectivity index is 2.11. The standard InChI is InChI=1S/C24H39N3O4/c1-17(2)21(26-22(28)18-13-19(30-5)15-20(14-18)31-6)23(29)25-16-24(27(3)4)11-9-7-8-10-12-24/h13-15,17,21H,7-12,16H2,1-6H3,(H,25,29)(H,26,28)/t21-/m0/s1. The zero-order valence-corrected chi connectivity index (χ0v) is 19.9. The van der Waals surface area contributed by atoms with Gasteiger partial charge in [-0.05, 0) is 45.0 Å². The van der Waals surface area contributed by atoms with E-state index in [-0.39, 0.29) is 23.3 Å². The van der Waals surface area contributed by atoms with Gasteiger partial charge in [-0.1, -0.05) is 39.5 Å². The van der Waals surface area contributed by atoms with Gasteiger partial charge in [0.15, 0.2) is 0 Å². The molecule has 0 aromatic heterocycles. The van der Waals surface area contributed by atoms with Crippen LogP contribution in [0.5, 0.6) is 11.5 Å². The number of methoxy groups -OCH3 is 2. The lowest BCUT2D eigenvalue weighted by Gasteiger charge is -2.40. The van der Waals surface area contributed by atoms with Gasteiger partial charge in [0.1, 0.15) is 17.5 Å². The smallest absolute Gasteiger partial charge is 0.252 e. The van der Waals surface area contributed by atoms with Crippen LogP contribution in [0, 0.1) is 5.92 Å². The Morgan fingerprint density at radius 3 is 2.00 bits per heavy atom. The number of nitrogens with zero attached hydrogens (tertiary/aromatic N) is 1. The third kappa shape index (κ3) is 6.60. The second kappa shape index (κ2) is 11.4. The molecule has 1 atom stereocenters. The highest BCUT2D eigenvalue weighted by Crippen LogP contribution is 2.30. The third-order valence-electron chi connectivity index (χ3n) is 6.42. The van der Waals surface area contributed by atoms with E-state index < -0.39 is 6.04 Å². The van der Waals surface area contributed by atoms with Crippen molar-refractivity contribution in [3.8, 4) is 11.5 Å². The minimum Gasteiger partial charge on any atom is -0.497 e. The van der Waals surface area contributed by atoms with Crippen LogP contribution in [0.2, 0.25) is 0 Å². The molecule has 0 bridgehead atoms. The van der Waals surface area contributed by atoms with Crippen molar-refractivity contribution in [2.24, 2.45) is 5.92 Å². The first-order valence-electron chi connectivity index (χ1n) is 11.2. The van der Waals surface area contributed by atoms with Crippen LogP contribution in [-0.2, 0) is 4.79 Å². The summed E-state index contributed by atoms with van der Waals surface area (Å²) in [7, 11) is 7.26. The lowest BCUT2D eigenvalue weighted by molar-refractivity contribution is -0.124. The predicted molar refractivity (Wildman–Crippen MR) is 123 cm³/mol. The molecule has 0 unspecified atom stereocenters. The van der Waals surface area contributed by atoms with E-state index in [0.29, 0.717) is 23.6 Å². The molecule has 1 aliphatic rings. The van der Waals surface area contributed by atoms with Crippen molar-refractivity contribution in [1.82, 2.24) is 15.5 Å². The predicted octanol–water partition coefficient (Wildman–Crippen LogP) is 3.23. The van der Waals surface area contributed by atoms with Crippen LogP contribution in [0.4, 0.5) is 0 Å². The SMILES string of the molecule is COc1cc(OC)cc(C(=O)N[C@H](C(=O)NCC2(N(C)C)CCCCCC2)C(C)C)c1. The number of ether oxygens (including phenoxy) is 2. The molecule has 2 N–H and O–H groups in total. The summed E-state index contributed by atoms with van der Waals surface area (Å²) in [4.78, 5) is 28.3. The normalized spacial score (nSPS) is 17.0. The van der Waals surface area contributed by atoms with Crippen molar-refractivity contribution in [3.05, 3.63) is 23.8 Å². The number of carbonyl (C=O) groups is 2. The molecule has 7 heteroatoms. The molecule has 174 valence electrons. The summed E-state index contributed by atoms with van der Waals surface area (Å²) >= 11 is 0. The Morgan fingerprint density at radius 2 is 1.55 bits per heavy atom. The molecular weight excluding hydrogens is 394 g/mol. The van der Waals surface area contributed by atoms with Gasteiger partial charge in [-0.25, -0.2) is 0 Å². The van der Waals surface area contributed by atoms with Gasteiger partial charge in [0.2, 0.25) is 5.91 Å². The van der Waals surface area contributed by atoms with E-state index in [9.17, 15) is 9.59 Å². The summed E-state index contributed by atoms with van der Waals surface area (Å²) in [6.07, 6.45) is 6.99. The average molecular weight is 434 g/mol. The molecule has 7 nitrogen and oxygen atoms in total. The molecule has 2 amide bonds. The number of carbonyl (C=O) groups excluding carboxylic acids is 2. The first-order valence-corrected chi connectivity index (χ1v) is 11.2. The van der Waals surface area contributed by atoms with Gasteiger partial charge >= 0.3 is 0 Å². The number of hydrogen-bond donors (Lipinski definition) is 2. The Hall–Kier alpha value is -2.28. The average Bonchev–Trinajstić information content (AvgIpc) is 3.01. The first kappa shape index (κ1) is 25.0. The molecule has 1 aromatic carbocycles. The van der Waals surface area contributed by atoms with Crippen molar-refractivity contribution in [3.63, 3.8) is 0 Å². The molecule has 1 aromatic rings. The molecule has 1 fully saturated rings. The van der Waals surface area contributed by atoms with E-state index in [0.717, 1.165) is 12.8 Å². The van der Waals surface area contributed by atoms with Gasteiger partial charge in [-0.2, -0.15) is 0 Å². The van der Waals surface area contributed by atoms with Crippen LogP contribution in [0.3, 0.4) is 0 Å². The van der Waals surface area contributed by atoms with Gasteiger partial charge in [0.25, 0.3) is 5.91 Å². The molecule has 2 rings (SSSR count). The lowest BCUT2D eigenvalue weighted by atomic mass is 9.88. The number of likely N-dealkylation sites (N-methyl/N-ethyl adjacent to an activating group) is 1. The zero-order valence-electron chi connectivity index (χ0n) is 19.9. The van der Waals surface area contributed by atoms with E-state index in [2.05, 4.69) is 29.6 Å². The van der Waals surface area contributed by atoms with Crippen LogP contribution in [0.25, 0.3) is 0 Å². The summed E-state index contributed by atoms with van der Waals surface area (Å²) in [5, 5.41) is 6.04. The highest BCUT2D eigenvalue weighted by atomic mass is 16.5.